The van der Waals surface area contributed by atoms with E-state index in [0.717, 1.165) is 22.3 Å². The van der Waals surface area contributed by atoms with Crippen LogP contribution < -0.4 is 11.1 Å². The Bertz CT molecular complexity index is 381. The minimum absolute atomic E-state index is 0.527. The average Bonchev–Trinajstić information content (AvgIpc) is 2.33. The van der Waals surface area contributed by atoms with Crippen LogP contribution in [0.1, 0.15) is 31.2 Å². The zero-order valence-electron chi connectivity index (χ0n) is 10.6. The molecular weight excluding hydrogens is 230 g/mol. The summed E-state index contributed by atoms with van der Waals surface area (Å²) in [6.45, 7) is 2.01. The molecule has 0 spiro atoms. The molecule has 4 heteroatoms. The minimum Gasteiger partial charge on any atom is -0.396 e. The summed E-state index contributed by atoms with van der Waals surface area (Å²) >= 11 is 1.98. The maximum absolute atomic E-state index is 5.98. The number of pyridine rings is 1. The molecule has 0 bridgehead atoms. The Labute approximate surface area is 108 Å². The number of nitrogens with zero attached hydrogens (tertiary/aromatic N) is 1. The van der Waals surface area contributed by atoms with Gasteiger partial charge in [0.05, 0.1) is 5.69 Å². The molecule has 2 rings (SSSR count). The number of nitrogen functional groups attached to an aromatic ring is 1. The molecule has 1 heterocycles. The van der Waals surface area contributed by atoms with E-state index in [9.17, 15) is 0 Å². The molecule has 1 aliphatic carbocycles. The highest BCUT2D eigenvalue weighted by Gasteiger charge is 2.21. The lowest BCUT2D eigenvalue weighted by Crippen LogP contribution is -2.29. The minimum atomic E-state index is 0.527. The van der Waals surface area contributed by atoms with E-state index in [4.69, 9.17) is 5.73 Å². The number of thioether (sulfide) groups is 1. The second-order valence-electron chi connectivity index (χ2n) is 4.82. The number of rotatable bonds is 3. The zero-order valence-corrected chi connectivity index (χ0v) is 11.4. The van der Waals surface area contributed by atoms with Gasteiger partial charge in [0.2, 0.25) is 0 Å². The molecule has 0 radical (unpaired) electrons. The average molecular weight is 251 g/mol. The fraction of sp³-hybridized carbons (Fsp3) is 0.615. The summed E-state index contributed by atoms with van der Waals surface area (Å²) in [5.74, 6) is 0.849. The molecule has 1 aliphatic rings. The van der Waals surface area contributed by atoms with Gasteiger partial charge in [0.1, 0.15) is 5.82 Å². The van der Waals surface area contributed by atoms with E-state index in [2.05, 4.69) is 16.6 Å². The number of nitrogens with two attached hydrogens (primary N) is 1. The quantitative estimate of drug-likeness (QED) is 0.867. The van der Waals surface area contributed by atoms with Crippen molar-refractivity contribution < 1.29 is 0 Å². The lowest BCUT2D eigenvalue weighted by molar-refractivity contribution is 0.473. The number of hydrogen-bond acceptors (Lipinski definition) is 4. The van der Waals surface area contributed by atoms with Crippen LogP contribution in [0.3, 0.4) is 0 Å². The number of aryl methyl sites for hydroxylation is 1. The Hall–Kier alpha value is -0.900. The van der Waals surface area contributed by atoms with Crippen LogP contribution in [0.25, 0.3) is 0 Å². The van der Waals surface area contributed by atoms with E-state index in [1.54, 1.807) is 0 Å². The standard InChI is InChI=1S/C13H21N3S/c1-9-6-12(14)13(15-8-9)16-10-4-3-5-11(7-10)17-2/h6,8,10-11H,3-5,7,14H2,1-2H3,(H,15,16). The van der Waals surface area contributed by atoms with Crippen molar-refractivity contribution >= 4 is 23.3 Å². The maximum atomic E-state index is 5.98. The first-order valence-electron chi connectivity index (χ1n) is 6.20. The summed E-state index contributed by atoms with van der Waals surface area (Å²) < 4.78 is 0. The van der Waals surface area contributed by atoms with Crippen molar-refractivity contribution in [2.75, 3.05) is 17.3 Å². The van der Waals surface area contributed by atoms with E-state index in [1.807, 2.05) is 30.9 Å². The Balaban J connectivity index is 2.00. The van der Waals surface area contributed by atoms with Crippen LogP contribution in [0, 0.1) is 6.92 Å². The van der Waals surface area contributed by atoms with Crippen molar-refractivity contribution in [3.63, 3.8) is 0 Å². The third kappa shape index (κ3) is 3.28. The lowest BCUT2D eigenvalue weighted by Gasteiger charge is -2.29. The molecule has 0 saturated heterocycles. The number of nitrogens with one attached hydrogen (secondary N) is 1. The Morgan fingerprint density at radius 3 is 3.00 bits per heavy atom. The fourth-order valence-corrected chi connectivity index (χ4v) is 3.22. The first kappa shape index (κ1) is 12.6. The van der Waals surface area contributed by atoms with Gasteiger partial charge in [-0.15, -0.1) is 0 Å². The van der Waals surface area contributed by atoms with E-state index in [1.165, 1.54) is 25.7 Å². The molecule has 2 unspecified atom stereocenters. The second-order valence-corrected chi connectivity index (χ2v) is 5.95. The third-order valence-corrected chi connectivity index (χ3v) is 4.45. The first-order valence-corrected chi connectivity index (χ1v) is 7.49. The summed E-state index contributed by atoms with van der Waals surface area (Å²) in [6.07, 6.45) is 9.16. The number of aromatic nitrogens is 1. The molecule has 17 heavy (non-hydrogen) atoms. The van der Waals surface area contributed by atoms with Crippen LogP contribution >= 0.6 is 11.8 Å². The molecule has 0 aliphatic heterocycles. The summed E-state index contributed by atoms with van der Waals surface area (Å²) in [7, 11) is 0. The third-order valence-electron chi connectivity index (χ3n) is 3.35. The van der Waals surface area contributed by atoms with E-state index < -0.39 is 0 Å². The van der Waals surface area contributed by atoms with Crippen molar-refractivity contribution in [2.45, 2.75) is 43.9 Å². The summed E-state index contributed by atoms with van der Waals surface area (Å²) in [5, 5.41) is 4.28. The molecule has 1 saturated carbocycles. The van der Waals surface area contributed by atoms with Gasteiger partial charge in [0.15, 0.2) is 0 Å². The molecule has 1 fully saturated rings. The molecule has 0 amide bonds. The molecule has 1 aromatic rings. The predicted octanol–water partition coefficient (Wildman–Crippen LogP) is 3.06. The molecule has 1 aromatic heterocycles. The van der Waals surface area contributed by atoms with E-state index in [0.29, 0.717) is 6.04 Å². The summed E-state index contributed by atoms with van der Waals surface area (Å²) in [4.78, 5) is 4.38. The number of anilines is 2. The van der Waals surface area contributed by atoms with Crippen molar-refractivity contribution in [1.29, 1.82) is 0 Å². The molecule has 3 N–H and O–H groups in total. The van der Waals surface area contributed by atoms with Crippen molar-refractivity contribution in [2.24, 2.45) is 0 Å². The Morgan fingerprint density at radius 1 is 1.47 bits per heavy atom. The highest BCUT2D eigenvalue weighted by atomic mass is 32.2. The van der Waals surface area contributed by atoms with Crippen LogP contribution in [0.2, 0.25) is 0 Å². The smallest absolute Gasteiger partial charge is 0.149 e. The predicted molar refractivity (Wildman–Crippen MR) is 76.6 cm³/mol. The van der Waals surface area contributed by atoms with Crippen molar-refractivity contribution in [1.82, 2.24) is 4.98 Å². The van der Waals surface area contributed by atoms with Crippen LogP contribution in [0.4, 0.5) is 11.5 Å². The van der Waals surface area contributed by atoms with Gasteiger partial charge in [-0.25, -0.2) is 4.98 Å². The maximum Gasteiger partial charge on any atom is 0.149 e. The van der Waals surface area contributed by atoms with Crippen LogP contribution in [0.5, 0.6) is 0 Å². The Kier molecular flexibility index (Phi) is 4.15. The van der Waals surface area contributed by atoms with Gasteiger partial charge in [-0.1, -0.05) is 6.42 Å². The van der Waals surface area contributed by atoms with Gasteiger partial charge in [0.25, 0.3) is 0 Å². The highest BCUT2D eigenvalue weighted by molar-refractivity contribution is 7.99. The Morgan fingerprint density at radius 2 is 2.29 bits per heavy atom. The van der Waals surface area contributed by atoms with Gasteiger partial charge in [-0.2, -0.15) is 11.8 Å². The summed E-state index contributed by atoms with van der Waals surface area (Å²) in [6, 6.07) is 2.50. The first-order chi connectivity index (χ1) is 8.19. The van der Waals surface area contributed by atoms with E-state index >= 15 is 0 Å². The zero-order chi connectivity index (χ0) is 12.3. The van der Waals surface area contributed by atoms with Gasteiger partial charge in [-0.05, 0) is 44.1 Å². The molecule has 2 atom stereocenters. The SMILES string of the molecule is CSC1CCCC(Nc2ncc(C)cc2N)C1. The lowest BCUT2D eigenvalue weighted by atomic mass is 9.95. The topological polar surface area (TPSA) is 50.9 Å². The van der Waals surface area contributed by atoms with Crippen LogP contribution in [-0.4, -0.2) is 22.5 Å². The van der Waals surface area contributed by atoms with Crippen LogP contribution in [-0.2, 0) is 0 Å². The molecular formula is C13H21N3S. The van der Waals surface area contributed by atoms with Gasteiger partial charge in [0, 0.05) is 17.5 Å². The van der Waals surface area contributed by atoms with Gasteiger partial charge >= 0.3 is 0 Å². The van der Waals surface area contributed by atoms with E-state index in [-0.39, 0.29) is 0 Å². The molecule has 94 valence electrons. The van der Waals surface area contributed by atoms with Crippen LogP contribution in [0.15, 0.2) is 12.3 Å². The molecule has 0 aromatic carbocycles. The monoisotopic (exact) mass is 251 g/mol. The molecule has 3 nitrogen and oxygen atoms in total. The second kappa shape index (κ2) is 5.63. The fourth-order valence-electron chi connectivity index (χ4n) is 2.40. The largest absolute Gasteiger partial charge is 0.396 e. The van der Waals surface area contributed by atoms with Gasteiger partial charge < -0.3 is 11.1 Å². The summed E-state index contributed by atoms with van der Waals surface area (Å²) in [5.41, 5.74) is 7.85. The highest BCUT2D eigenvalue weighted by Crippen LogP contribution is 2.29. The number of hydrogen-bond donors (Lipinski definition) is 2. The van der Waals surface area contributed by atoms with Gasteiger partial charge in [-0.3, -0.25) is 0 Å². The van der Waals surface area contributed by atoms with Crippen molar-refractivity contribution in [3.8, 4) is 0 Å². The normalized spacial score (nSPS) is 24.6. The van der Waals surface area contributed by atoms with Crippen molar-refractivity contribution in [3.05, 3.63) is 17.8 Å².